The lowest BCUT2D eigenvalue weighted by atomic mass is 10.1. The summed E-state index contributed by atoms with van der Waals surface area (Å²) < 4.78 is 5.09. The fourth-order valence-electron chi connectivity index (χ4n) is 1.24. The van der Waals surface area contributed by atoms with Crippen LogP contribution in [0.5, 0.6) is 0 Å². The monoisotopic (exact) mass is 309 g/mol. The van der Waals surface area contributed by atoms with Gasteiger partial charge in [0, 0.05) is 6.42 Å². The van der Waals surface area contributed by atoms with Gasteiger partial charge in [-0.1, -0.05) is 0 Å². The van der Waals surface area contributed by atoms with Gasteiger partial charge in [-0.25, -0.2) is 0 Å². The average Bonchev–Trinajstić information content (AvgIpc) is 2.20. The van der Waals surface area contributed by atoms with Gasteiger partial charge in [-0.3, -0.25) is 14.4 Å². The SMILES string of the molecule is C[C@H](N)C(=O)N[C@H](CCC(=O)OC(C)(C)C)C(N)=O.Cl. The highest BCUT2D eigenvalue weighted by Crippen LogP contribution is 2.10. The van der Waals surface area contributed by atoms with E-state index in [1.165, 1.54) is 6.92 Å². The molecule has 118 valence electrons. The predicted octanol–water partition coefficient (Wildman–Crippen LogP) is -0.153. The van der Waals surface area contributed by atoms with Crippen LogP contribution in [0.15, 0.2) is 0 Å². The van der Waals surface area contributed by atoms with Gasteiger partial charge < -0.3 is 21.5 Å². The normalized spacial score (nSPS) is 13.7. The predicted molar refractivity (Wildman–Crippen MR) is 77.1 cm³/mol. The Morgan fingerprint density at radius 3 is 2.10 bits per heavy atom. The van der Waals surface area contributed by atoms with Crippen LogP contribution >= 0.6 is 12.4 Å². The van der Waals surface area contributed by atoms with E-state index in [2.05, 4.69) is 5.32 Å². The van der Waals surface area contributed by atoms with Crippen LogP contribution in [0.1, 0.15) is 40.5 Å². The van der Waals surface area contributed by atoms with Crippen molar-refractivity contribution in [1.82, 2.24) is 5.32 Å². The summed E-state index contributed by atoms with van der Waals surface area (Å²) in [6, 6.07) is -1.67. The molecular weight excluding hydrogens is 286 g/mol. The van der Waals surface area contributed by atoms with Gasteiger partial charge in [0.05, 0.1) is 6.04 Å². The fraction of sp³-hybridized carbons (Fsp3) is 0.750. The Balaban J connectivity index is 0. The smallest absolute Gasteiger partial charge is 0.306 e. The molecule has 0 unspecified atom stereocenters. The van der Waals surface area contributed by atoms with Gasteiger partial charge in [0.1, 0.15) is 11.6 Å². The molecule has 0 bridgehead atoms. The van der Waals surface area contributed by atoms with Crippen molar-refractivity contribution in [2.24, 2.45) is 11.5 Å². The third kappa shape index (κ3) is 9.57. The van der Waals surface area contributed by atoms with Crippen molar-refractivity contribution in [3.8, 4) is 0 Å². The van der Waals surface area contributed by atoms with E-state index in [0.29, 0.717) is 0 Å². The maximum atomic E-state index is 11.5. The minimum Gasteiger partial charge on any atom is -0.460 e. The van der Waals surface area contributed by atoms with Crippen molar-refractivity contribution in [2.75, 3.05) is 0 Å². The van der Waals surface area contributed by atoms with Crippen LogP contribution in [0, 0.1) is 0 Å². The molecule has 2 amide bonds. The molecule has 0 aliphatic rings. The molecule has 0 rings (SSSR count). The van der Waals surface area contributed by atoms with Crippen LogP contribution < -0.4 is 16.8 Å². The molecule has 0 spiro atoms. The Kier molecular flexibility index (Phi) is 9.18. The maximum absolute atomic E-state index is 11.5. The number of hydrogen-bond acceptors (Lipinski definition) is 5. The van der Waals surface area contributed by atoms with Crippen molar-refractivity contribution in [3.63, 3.8) is 0 Å². The largest absolute Gasteiger partial charge is 0.460 e. The number of nitrogens with one attached hydrogen (secondary N) is 1. The number of carbonyl (C=O) groups excluding carboxylic acids is 3. The first-order chi connectivity index (χ1) is 8.53. The van der Waals surface area contributed by atoms with Crippen LogP contribution in [0.25, 0.3) is 0 Å². The van der Waals surface area contributed by atoms with Crippen molar-refractivity contribution in [2.45, 2.75) is 58.2 Å². The van der Waals surface area contributed by atoms with Gasteiger partial charge in [-0.2, -0.15) is 0 Å². The van der Waals surface area contributed by atoms with E-state index in [-0.39, 0.29) is 25.2 Å². The van der Waals surface area contributed by atoms with Gasteiger partial charge in [-0.15, -0.1) is 12.4 Å². The highest BCUT2D eigenvalue weighted by atomic mass is 35.5. The lowest BCUT2D eigenvalue weighted by Crippen LogP contribution is -2.49. The number of rotatable bonds is 6. The summed E-state index contributed by atoms with van der Waals surface area (Å²) in [5.41, 5.74) is 9.93. The Morgan fingerprint density at radius 2 is 1.75 bits per heavy atom. The minimum atomic E-state index is -0.925. The number of amides is 2. The van der Waals surface area contributed by atoms with E-state index in [1.54, 1.807) is 20.8 Å². The molecule has 20 heavy (non-hydrogen) atoms. The van der Waals surface area contributed by atoms with Gasteiger partial charge in [0.25, 0.3) is 0 Å². The number of primary amides is 1. The molecule has 0 heterocycles. The fourth-order valence-corrected chi connectivity index (χ4v) is 1.24. The van der Waals surface area contributed by atoms with E-state index in [1.807, 2.05) is 0 Å². The van der Waals surface area contributed by atoms with E-state index in [9.17, 15) is 14.4 Å². The Morgan fingerprint density at radius 1 is 1.25 bits per heavy atom. The van der Waals surface area contributed by atoms with Crippen molar-refractivity contribution >= 4 is 30.2 Å². The minimum absolute atomic E-state index is 0. The Bertz CT molecular complexity index is 353. The lowest BCUT2D eigenvalue weighted by molar-refractivity contribution is -0.155. The zero-order valence-corrected chi connectivity index (χ0v) is 13.1. The Labute approximate surface area is 125 Å². The zero-order chi connectivity index (χ0) is 15.2. The molecule has 0 aliphatic carbocycles. The molecule has 2 atom stereocenters. The molecule has 0 fully saturated rings. The van der Waals surface area contributed by atoms with Gasteiger partial charge >= 0.3 is 5.97 Å². The van der Waals surface area contributed by atoms with Crippen LogP contribution in [0.2, 0.25) is 0 Å². The number of carbonyl (C=O) groups is 3. The highest BCUT2D eigenvalue weighted by Gasteiger charge is 2.22. The number of ether oxygens (including phenoxy) is 1. The summed E-state index contributed by atoms with van der Waals surface area (Å²) in [6.07, 6.45) is 0.0762. The molecule has 8 heteroatoms. The molecule has 5 N–H and O–H groups in total. The van der Waals surface area contributed by atoms with E-state index >= 15 is 0 Å². The summed E-state index contributed by atoms with van der Waals surface area (Å²) in [5.74, 6) is -1.65. The van der Waals surface area contributed by atoms with Crippen molar-refractivity contribution in [3.05, 3.63) is 0 Å². The maximum Gasteiger partial charge on any atom is 0.306 e. The van der Waals surface area contributed by atoms with Crippen LogP contribution in [-0.2, 0) is 19.1 Å². The molecule has 0 aliphatic heterocycles. The third-order valence-electron chi connectivity index (χ3n) is 2.13. The number of halogens is 1. The molecule has 0 aromatic heterocycles. The topological polar surface area (TPSA) is 125 Å². The first kappa shape index (κ1) is 21.0. The van der Waals surface area contributed by atoms with Gasteiger partial charge in [0.15, 0.2) is 0 Å². The van der Waals surface area contributed by atoms with Gasteiger partial charge in [-0.05, 0) is 34.1 Å². The molecule has 0 radical (unpaired) electrons. The quantitative estimate of drug-likeness (QED) is 0.588. The highest BCUT2D eigenvalue weighted by molar-refractivity contribution is 5.89. The van der Waals surface area contributed by atoms with E-state index in [0.717, 1.165) is 0 Å². The van der Waals surface area contributed by atoms with Crippen LogP contribution in [0.4, 0.5) is 0 Å². The Hall–Kier alpha value is -1.34. The van der Waals surface area contributed by atoms with Crippen LogP contribution in [-0.4, -0.2) is 35.5 Å². The number of nitrogens with two attached hydrogens (primary N) is 2. The third-order valence-corrected chi connectivity index (χ3v) is 2.13. The van der Waals surface area contributed by atoms with E-state index in [4.69, 9.17) is 16.2 Å². The zero-order valence-electron chi connectivity index (χ0n) is 12.3. The second kappa shape index (κ2) is 8.76. The summed E-state index contributed by atoms with van der Waals surface area (Å²) in [7, 11) is 0. The summed E-state index contributed by atoms with van der Waals surface area (Å²) in [5, 5.41) is 2.39. The summed E-state index contributed by atoms with van der Waals surface area (Å²) in [6.45, 7) is 6.72. The summed E-state index contributed by atoms with van der Waals surface area (Å²) >= 11 is 0. The standard InChI is InChI=1S/C12H23N3O4.ClH/c1-7(13)11(18)15-8(10(14)17)5-6-9(16)19-12(2,3)4;/h7-8H,5-6,13H2,1-4H3,(H2,14,17)(H,15,18);1H/t7-,8+;/m0./s1. The molecule has 7 nitrogen and oxygen atoms in total. The second-order valence-electron chi connectivity index (χ2n) is 5.38. The first-order valence-electron chi connectivity index (χ1n) is 6.10. The molecule has 0 aromatic rings. The first-order valence-corrected chi connectivity index (χ1v) is 6.10. The van der Waals surface area contributed by atoms with Crippen LogP contribution in [0.3, 0.4) is 0 Å². The van der Waals surface area contributed by atoms with Gasteiger partial charge in [0.2, 0.25) is 11.8 Å². The molecule has 0 saturated carbocycles. The number of esters is 1. The number of hydrogen-bond donors (Lipinski definition) is 3. The molecule has 0 aromatic carbocycles. The van der Waals surface area contributed by atoms with Crippen molar-refractivity contribution in [1.29, 1.82) is 0 Å². The average molecular weight is 310 g/mol. The summed E-state index contributed by atoms with van der Waals surface area (Å²) in [4.78, 5) is 34.0. The lowest BCUT2D eigenvalue weighted by Gasteiger charge is -2.21. The van der Waals surface area contributed by atoms with Crippen molar-refractivity contribution < 1.29 is 19.1 Å². The molecule has 0 saturated heterocycles. The molecular formula is C12H24ClN3O4. The second-order valence-corrected chi connectivity index (χ2v) is 5.38. The van der Waals surface area contributed by atoms with E-state index < -0.39 is 35.5 Å².